The van der Waals surface area contributed by atoms with E-state index < -0.39 is 58.7 Å². The highest BCUT2D eigenvalue weighted by atomic mass is 19.4. The molecule has 39 heavy (non-hydrogen) atoms. The first kappa shape index (κ1) is 29.5. The Labute approximate surface area is 218 Å². The summed E-state index contributed by atoms with van der Waals surface area (Å²) in [7, 11) is 0.998. The summed E-state index contributed by atoms with van der Waals surface area (Å²) in [5.74, 6) is -2.38. The van der Waals surface area contributed by atoms with Gasteiger partial charge in [-0.2, -0.15) is 26.3 Å². The minimum atomic E-state index is -5.17. The van der Waals surface area contributed by atoms with E-state index in [-0.39, 0.29) is 24.6 Å². The molecule has 210 valence electrons. The third-order valence-corrected chi connectivity index (χ3v) is 5.45. The molecule has 0 unspecified atom stereocenters. The molecule has 1 N–H and O–H groups in total. The molecule has 0 saturated heterocycles. The molecule has 1 atom stereocenters. The van der Waals surface area contributed by atoms with Gasteiger partial charge in [-0.15, -0.1) is 0 Å². The number of fused-ring (bicyclic) bond motifs is 1. The lowest BCUT2D eigenvalue weighted by Gasteiger charge is -2.19. The van der Waals surface area contributed by atoms with Gasteiger partial charge in [-0.3, -0.25) is 9.36 Å². The summed E-state index contributed by atoms with van der Waals surface area (Å²) in [6.45, 7) is 4.99. The SMILES string of the molecule is COC(=O)[C@@H](Cc1cn(C(=O)OC(C)(C)C)c2ccccc12)NC(=O)c1cc(C(F)(F)F)cc(C(F)(F)F)c1. The van der Waals surface area contributed by atoms with E-state index in [1.54, 1.807) is 45.0 Å². The number of nitrogens with zero attached hydrogens (tertiary/aromatic N) is 1. The van der Waals surface area contributed by atoms with Gasteiger partial charge in [-0.25, -0.2) is 9.59 Å². The van der Waals surface area contributed by atoms with Crippen LogP contribution in [0.1, 0.15) is 47.8 Å². The highest BCUT2D eigenvalue weighted by Gasteiger charge is 2.38. The predicted molar refractivity (Wildman–Crippen MR) is 127 cm³/mol. The van der Waals surface area contributed by atoms with E-state index in [1.807, 2.05) is 0 Å². The molecule has 2 aromatic carbocycles. The van der Waals surface area contributed by atoms with Crippen molar-refractivity contribution in [3.8, 4) is 0 Å². The number of aromatic nitrogens is 1. The third-order valence-electron chi connectivity index (χ3n) is 5.45. The van der Waals surface area contributed by atoms with E-state index in [1.165, 1.54) is 10.8 Å². The van der Waals surface area contributed by atoms with Gasteiger partial charge in [0.15, 0.2) is 0 Å². The van der Waals surface area contributed by atoms with Crippen molar-refractivity contribution in [2.45, 2.75) is 51.2 Å². The van der Waals surface area contributed by atoms with E-state index in [0.29, 0.717) is 16.5 Å². The van der Waals surface area contributed by atoms with E-state index >= 15 is 0 Å². The number of esters is 1. The molecule has 0 aliphatic rings. The van der Waals surface area contributed by atoms with Crippen molar-refractivity contribution in [1.82, 2.24) is 9.88 Å². The van der Waals surface area contributed by atoms with Crippen LogP contribution in [-0.2, 0) is 33.0 Å². The van der Waals surface area contributed by atoms with Gasteiger partial charge in [0, 0.05) is 23.6 Å². The van der Waals surface area contributed by atoms with Crippen molar-refractivity contribution in [1.29, 1.82) is 0 Å². The normalized spacial score (nSPS) is 13.2. The molecule has 1 heterocycles. The largest absolute Gasteiger partial charge is 0.467 e. The number of para-hydroxylation sites is 1. The fourth-order valence-corrected chi connectivity index (χ4v) is 3.76. The molecule has 3 rings (SSSR count). The number of carbonyl (C=O) groups is 3. The Morgan fingerprint density at radius 3 is 2.00 bits per heavy atom. The van der Waals surface area contributed by atoms with Gasteiger partial charge in [0.25, 0.3) is 5.91 Å². The number of alkyl halides is 6. The monoisotopic (exact) mass is 558 g/mol. The van der Waals surface area contributed by atoms with E-state index in [9.17, 15) is 40.7 Å². The summed E-state index contributed by atoms with van der Waals surface area (Å²) in [6, 6.07) is 5.42. The zero-order valence-electron chi connectivity index (χ0n) is 21.2. The van der Waals surface area contributed by atoms with Crippen molar-refractivity contribution >= 4 is 28.9 Å². The molecule has 1 amide bonds. The second-order valence-corrected chi connectivity index (χ2v) is 9.57. The average molecular weight is 558 g/mol. The molecule has 3 aromatic rings. The first-order valence-corrected chi connectivity index (χ1v) is 11.4. The van der Waals surface area contributed by atoms with Crippen LogP contribution in [0.15, 0.2) is 48.7 Å². The third kappa shape index (κ3) is 7.09. The number of methoxy groups -OCH3 is 1. The van der Waals surface area contributed by atoms with Crippen molar-refractivity contribution < 1.29 is 50.2 Å². The average Bonchev–Trinajstić information content (AvgIpc) is 3.19. The number of halogens is 6. The van der Waals surface area contributed by atoms with Gasteiger partial charge in [0.2, 0.25) is 0 Å². The summed E-state index contributed by atoms with van der Waals surface area (Å²) in [5.41, 5.74) is -4.39. The Bertz CT molecular complexity index is 1370. The molecular formula is C26H24F6N2O5. The Hall–Kier alpha value is -4.03. The lowest BCUT2D eigenvalue weighted by Crippen LogP contribution is -2.43. The first-order valence-electron chi connectivity index (χ1n) is 11.4. The van der Waals surface area contributed by atoms with Crippen LogP contribution in [0.25, 0.3) is 10.9 Å². The topological polar surface area (TPSA) is 86.6 Å². The molecule has 0 spiro atoms. The Balaban J connectivity index is 1.99. The fourth-order valence-electron chi connectivity index (χ4n) is 3.76. The van der Waals surface area contributed by atoms with Crippen molar-refractivity contribution in [2.24, 2.45) is 0 Å². The van der Waals surface area contributed by atoms with Crippen LogP contribution < -0.4 is 5.32 Å². The number of hydrogen-bond donors (Lipinski definition) is 1. The lowest BCUT2D eigenvalue weighted by molar-refractivity contribution is -0.144. The maximum atomic E-state index is 13.2. The zero-order valence-corrected chi connectivity index (χ0v) is 21.2. The highest BCUT2D eigenvalue weighted by molar-refractivity contribution is 5.98. The lowest BCUT2D eigenvalue weighted by atomic mass is 10.0. The van der Waals surface area contributed by atoms with Gasteiger partial charge < -0.3 is 14.8 Å². The number of amides is 1. The smallest absolute Gasteiger partial charge is 0.419 e. The van der Waals surface area contributed by atoms with Crippen LogP contribution >= 0.6 is 0 Å². The predicted octanol–water partition coefficient (Wildman–Crippen LogP) is 5.98. The van der Waals surface area contributed by atoms with E-state index in [0.717, 1.165) is 7.11 Å². The standard InChI is InChI=1S/C26H24F6N2O5/c1-24(2,3)39-23(37)34-13-15(18-7-5-6-8-20(18)34)11-19(22(36)38-4)33-21(35)14-9-16(25(27,28)29)12-17(10-14)26(30,31)32/h5-10,12-13,19H,11H2,1-4H3,(H,33,35)/t19-/m1/s1. The molecular weight excluding hydrogens is 534 g/mol. The van der Waals surface area contributed by atoms with Gasteiger partial charge in [0.1, 0.15) is 11.6 Å². The summed E-state index contributed by atoms with van der Waals surface area (Å²) >= 11 is 0. The molecule has 0 fully saturated rings. The second-order valence-electron chi connectivity index (χ2n) is 9.57. The van der Waals surface area contributed by atoms with Crippen LogP contribution in [-0.4, -0.2) is 41.3 Å². The number of benzene rings is 2. The number of rotatable bonds is 5. The zero-order chi connectivity index (χ0) is 29.3. The fraction of sp³-hybridized carbons (Fsp3) is 0.346. The van der Waals surface area contributed by atoms with Crippen molar-refractivity contribution in [3.05, 3.63) is 70.9 Å². The molecule has 1 aromatic heterocycles. The van der Waals surface area contributed by atoms with Crippen LogP contribution in [0.3, 0.4) is 0 Å². The maximum Gasteiger partial charge on any atom is 0.419 e. The minimum Gasteiger partial charge on any atom is -0.467 e. The maximum absolute atomic E-state index is 13.2. The van der Waals surface area contributed by atoms with E-state index in [4.69, 9.17) is 9.47 Å². The van der Waals surface area contributed by atoms with Gasteiger partial charge in [-0.1, -0.05) is 18.2 Å². The Morgan fingerprint density at radius 1 is 0.923 bits per heavy atom. The van der Waals surface area contributed by atoms with Crippen molar-refractivity contribution in [3.63, 3.8) is 0 Å². The summed E-state index contributed by atoms with van der Waals surface area (Å²) in [6.07, 6.45) is -10.00. The number of nitrogens with one attached hydrogen (secondary N) is 1. The van der Waals surface area contributed by atoms with Crippen LogP contribution in [0.2, 0.25) is 0 Å². The number of hydrogen-bond acceptors (Lipinski definition) is 5. The quantitative estimate of drug-likeness (QED) is 0.308. The summed E-state index contributed by atoms with van der Waals surface area (Å²) in [4.78, 5) is 38.1. The molecule has 0 aliphatic heterocycles. The molecule has 0 bridgehead atoms. The van der Waals surface area contributed by atoms with E-state index in [2.05, 4.69) is 5.32 Å². The highest BCUT2D eigenvalue weighted by Crippen LogP contribution is 2.36. The van der Waals surface area contributed by atoms with Crippen LogP contribution in [0.5, 0.6) is 0 Å². The number of carbonyl (C=O) groups excluding carboxylic acids is 3. The second kappa shape index (κ2) is 10.6. The van der Waals surface area contributed by atoms with Gasteiger partial charge >= 0.3 is 24.4 Å². The van der Waals surface area contributed by atoms with Crippen molar-refractivity contribution in [2.75, 3.05) is 7.11 Å². The molecule has 0 radical (unpaired) electrons. The summed E-state index contributed by atoms with van der Waals surface area (Å²) in [5, 5.41) is 2.65. The van der Waals surface area contributed by atoms with Crippen LogP contribution in [0.4, 0.5) is 31.1 Å². The summed E-state index contributed by atoms with van der Waals surface area (Å²) < 4.78 is 90.7. The molecule has 7 nitrogen and oxygen atoms in total. The molecule has 0 aliphatic carbocycles. The first-order chi connectivity index (χ1) is 17.9. The number of ether oxygens (including phenoxy) is 2. The van der Waals surface area contributed by atoms with Gasteiger partial charge in [-0.05, 0) is 50.6 Å². The Kier molecular flexibility index (Phi) is 8.04. The van der Waals surface area contributed by atoms with Gasteiger partial charge in [0.05, 0.1) is 23.8 Å². The Morgan fingerprint density at radius 2 is 1.49 bits per heavy atom. The molecule has 0 saturated carbocycles. The minimum absolute atomic E-state index is 0.111. The van der Waals surface area contributed by atoms with Crippen LogP contribution in [0, 0.1) is 0 Å². The molecule has 13 heteroatoms.